The molecule has 0 saturated carbocycles. The van der Waals surface area contributed by atoms with Crippen molar-refractivity contribution in [3.8, 4) is 0 Å². The lowest BCUT2D eigenvalue weighted by Gasteiger charge is -2.27. The Kier molecular flexibility index (Phi) is 5.94. The molecule has 0 aliphatic carbocycles. The molecule has 0 spiro atoms. The quantitative estimate of drug-likeness (QED) is 0.570. The summed E-state index contributed by atoms with van der Waals surface area (Å²) in [5, 5.41) is 13.2. The van der Waals surface area contributed by atoms with E-state index in [2.05, 4.69) is 5.32 Å². The largest absolute Gasteiger partial charge is 0.461 e. The molecule has 0 aliphatic rings. The molecule has 0 amide bonds. The van der Waals surface area contributed by atoms with Crippen LogP contribution in [0.4, 0.5) is 5.69 Å². The van der Waals surface area contributed by atoms with E-state index in [1.165, 1.54) is 0 Å². The van der Waals surface area contributed by atoms with Crippen molar-refractivity contribution in [3.63, 3.8) is 0 Å². The number of aliphatic hydroxyl groups excluding tert-OH is 1. The van der Waals surface area contributed by atoms with Crippen LogP contribution in [0.3, 0.4) is 0 Å². The Balaban J connectivity index is 2.08. The van der Waals surface area contributed by atoms with E-state index in [-0.39, 0.29) is 6.61 Å². The molecule has 2 unspecified atom stereocenters. The SMILES string of the molecule is CCOP(=O)(c1ccccc1)C(Nc1ccccc1)c1ccc(CO)o1. The monoisotopic (exact) mass is 371 g/mol. The maximum atomic E-state index is 14.0. The summed E-state index contributed by atoms with van der Waals surface area (Å²) in [6.45, 7) is 1.89. The molecule has 0 aliphatic heterocycles. The molecule has 2 aromatic carbocycles. The average Bonchev–Trinajstić information content (AvgIpc) is 3.16. The predicted octanol–water partition coefficient (Wildman–Crippen LogP) is 4.52. The van der Waals surface area contributed by atoms with Crippen molar-refractivity contribution in [2.45, 2.75) is 19.3 Å². The van der Waals surface area contributed by atoms with Gasteiger partial charge in [0.15, 0.2) is 5.78 Å². The van der Waals surface area contributed by atoms with Gasteiger partial charge in [-0.25, -0.2) is 0 Å². The third-order valence-electron chi connectivity index (χ3n) is 3.96. The van der Waals surface area contributed by atoms with Crippen LogP contribution in [0.5, 0.6) is 0 Å². The highest BCUT2D eigenvalue weighted by atomic mass is 31.2. The van der Waals surface area contributed by atoms with Gasteiger partial charge < -0.3 is 19.4 Å². The summed E-state index contributed by atoms with van der Waals surface area (Å²) in [4.78, 5) is 0. The molecule has 3 rings (SSSR count). The fourth-order valence-electron chi connectivity index (χ4n) is 2.77. The first-order chi connectivity index (χ1) is 12.7. The van der Waals surface area contributed by atoms with Gasteiger partial charge in [0.2, 0.25) is 0 Å². The van der Waals surface area contributed by atoms with Crippen molar-refractivity contribution in [1.29, 1.82) is 0 Å². The van der Waals surface area contributed by atoms with E-state index in [0.717, 1.165) is 5.69 Å². The summed E-state index contributed by atoms with van der Waals surface area (Å²) < 4.78 is 25.5. The van der Waals surface area contributed by atoms with Crippen LogP contribution in [0, 0.1) is 0 Å². The fraction of sp³-hybridized carbons (Fsp3) is 0.200. The third-order valence-corrected chi connectivity index (χ3v) is 6.68. The van der Waals surface area contributed by atoms with Gasteiger partial charge in [0, 0.05) is 11.0 Å². The van der Waals surface area contributed by atoms with Crippen molar-refractivity contribution < 1.29 is 18.6 Å². The van der Waals surface area contributed by atoms with Crippen molar-refractivity contribution in [2.24, 2.45) is 0 Å². The van der Waals surface area contributed by atoms with Gasteiger partial charge in [-0.2, -0.15) is 0 Å². The van der Waals surface area contributed by atoms with Crippen LogP contribution in [-0.4, -0.2) is 11.7 Å². The Morgan fingerprint density at radius 1 is 1.04 bits per heavy atom. The molecule has 3 aromatic rings. The van der Waals surface area contributed by atoms with Gasteiger partial charge in [0.1, 0.15) is 18.1 Å². The summed E-state index contributed by atoms with van der Waals surface area (Å²) in [6.07, 6.45) is 0. The molecule has 0 radical (unpaired) electrons. The zero-order valence-corrected chi connectivity index (χ0v) is 15.4. The Morgan fingerprint density at radius 2 is 1.69 bits per heavy atom. The van der Waals surface area contributed by atoms with Crippen molar-refractivity contribution >= 4 is 18.4 Å². The molecule has 2 N–H and O–H groups in total. The van der Waals surface area contributed by atoms with Gasteiger partial charge in [-0.15, -0.1) is 0 Å². The van der Waals surface area contributed by atoms with Gasteiger partial charge in [-0.3, -0.25) is 4.57 Å². The highest BCUT2D eigenvalue weighted by molar-refractivity contribution is 7.67. The summed E-state index contributed by atoms with van der Waals surface area (Å²) in [6, 6.07) is 22.0. The minimum absolute atomic E-state index is 0.220. The zero-order valence-electron chi connectivity index (χ0n) is 14.5. The van der Waals surface area contributed by atoms with Crippen molar-refractivity contribution in [2.75, 3.05) is 11.9 Å². The molecule has 1 heterocycles. The summed E-state index contributed by atoms with van der Waals surface area (Å²) in [5.41, 5.74) is 0.801. The lowest BCUT2D eigenvalue weighted by atomic mass is 10.3. The van der Waals surface area contributed by atoms with Gasteiger partial charge in [-0.05, 0) is 43.3 Å². The maximum absolute atomic E-state index is 14.0. The first-order valence-corrected chi connectivity index (χ1v) is 10.2. The van der Waals surface area contributed by atoms with Gasteiger partial charge >= 0.3 is 0 Å². The summed E-state index contributed by atoms with van der Waals surface area (Å²) in [7, 11) is -3.35. The van der Waals surface area contributed by atoms with E-state index in [1.807, 2.05) is 55.5 Å². The van der Waals surface area contributed by atoms with Crippen LogP contribution in [0.25, 0.3) is 0 Å². The number of anilines is 1. The number of hydrogen-bond acceptors (Lipinski definition) is 5. The summed E-state index contributed by atoms with van der Waals surface area (Å²) in [5.74, 6) is 0.155. The number of benzene rings is 2. The highest BCUT2D eigenvalue weighted by Crippen LogP contribution is 2.59. The standard InChI is InChI=1S/C20H22NO4P/c1-2-24-26(23,18-11-7-4-8-12-18)20(19-14-13-17(15-22)25-19)21-16-9-5-3-6-10-16/h3-14,20-22H,2,15H2,1H3. The topological polar surface area (TPSA) is 71.7 Å². The minimum atomic E-state index is -3.35. The molecule has 0 fully saturated rings. The lowest BCUT2D eigenvalue weighted by Crippen LogP contribution is -2.20. The third kappa shape index (κ3) is 3.91. The number of furan rings is 1. The van der Waals surface area contributed by atoms with Crippen LogP contribution in [0.15, 0.2) is 77.2 Å². The van der Waals surface area contributed by atoms with Crippen LogP contribution in [-0.2, 0) is 15.7 Å². The van der Waals surface area contributed by atoms with E-state index in [1.54, 1.807) is 24.3 Å². The number of para-hydroxylation sites is 1. The Labute approximate surface area is 153 Å². The molecular formula is C20H22NO4P. The molecule has 136 valence electrons. The number of nitrogens with one attached hydrogen (secondary N) is 1. The molecule has 1 aromatic heterocycles. The zero-order chi connectivity index (χ0) is 18.4. The van der Waals surface area contributed by atoms with E-state index >= 15 is 0 Å². The van der Waals surface area contributed by atoms with Crippen molar-refractivity contribution in [3.05, 3.63) is 84.3 Å². The first-order valence-electron chi connectivity index (χ1n) is 8.48. The van der Waals surface area contributed by atoms with Gasteiger partial charge in [-0.1, -0.05) is 36.4 Å². The second kappa shape index (κ2) is 8.37. The molecule has 0 bridgehead atoms. The maximum Gasteiger partial charge on any atom is 0.261 e. The average molecular weight is 371 g/mol. The Hall–Kier alpha value is -2.33. The predicted molar refractivity (Wildman–Crippen MR) is 103 cm³/mol. The fourth-order valence-corrected chi connectivity index (χ4v) is 5.13. The van der Waals surface area contributed by atoms with Crippen LogP contribution < -0.4 is 10.6 Å². The number of hydrogen-bond donors (Lipinski definition) is 2. The van der Waals surface area contributed by atoms with E-state index in [0.29, 0.717) is 23.4 Å². The number of aliphatic hydroxyl groups is 1. The second-order valence-electron chi connectivity index (χ2n) is 5.73. The van der Waals surface area contributed by atoms with Crippen molar-refractivity contribution in [1.82, 2.24) is 0 Å². The molecular weight excluding hydrogens is 349 g/mol. The molecule has 6 heteroatoms. The van der Waals surface area contributed by atoms with E-state index in [9.17, 15) is 9.67 Å². The van der Waals surface area contributed by atoms with Crippen LogP contribution >= 0.6 is 7.37 Å². The lowest BCUT2D eigenvalue weighted by molar-refractivity contribution is 0.242. The minimum Gasteiger partial charge on any atom is -0.461 e. The van der Waals surface area contributed by atoms with Crippen LogP contribution in [0.1, 0.15) is 24.2 Å². The molecule has 0 saturated heterocycles. The van der Waals surface area contributed by atoms with Gasteiger partial charge in [0.05, 0.1) is 6.61 Å². The van der Waals surface area contributed by atoms with E-state index < -0.39 is 13.2 Å². The van der Waals surface area contributed by atoms with E-state index in [4.69, 9.17) is 8.94 Å². The first kappa shape index (κ1) is 18.5. The van der Waals surface area contributed by atoms with Crippen LogP contribution in [0.2, 0.25) is 0 Å². The number of rotatable bonds is 8. The molecule has 2 atom stereocenters. The molecule has 26 heavy (non-hydrogen) atoms. The Morgan fingerprint density at radius 3 is 2.27 bits per heavy atom. The Bertz CT molecular complexity index is 864. The normalized spacial score (nSPS) is 14.5. The summed E-state index contributed by atoms with van der Waals surface area (Å²) >= 11 is 0. The van der Waals surface area contributed by atoms with Gasteiger partial charge in [0.25, 0.3) is 7.37 Å². The second-order valence-corrected chi connectivity index (χ2v) is 8.21. The smallest absolute Gasteiger partial charge is 0.261 e. The molecule has 5 nitrogen and oxygen atoms in total. The highest BCUT2D eigenvalue weighted by Gasteiger charge is 2.39.